The number of benzene rings is 1. The Labute approximate surface area is 81.1 Å². The second kappa shape index (κ2) is 3.89. The largest absolute Gasteiger partial charge is 0.539 e. The normalized spacial score (nSPS) is 9.50. The fourth-order valence-electron chi connectivity index (χ4n) is 1.12. The van der Waals surface area contributed by atoms with E-state index in [0.717, 1.165) is 11.3 Å². The summed E-state index contributed by atoms with van der Waals surface area (Å²) < 4.78 is 5.83. The van der Waals surface area contributed by atoms with E-state index in [9.17, 15) is 5.11 Å². The zero-order valence-electron chi connectivity index (χ0n) is 7.80. The molecule has 0 saturated heterocycles. The molecular formula is C9H11N3O2. The minimum atomic E-state index is -0.443. The zero-order valence-corrected chi connectivity index (χ0v) is 7.80. The molecule has 0 aliphatic rings. The highest BCUT2D eigenvalue weighted by Crippen LogP contribution is 2.04. The van der Waals surface area contributed by atoms with E-state index >= 15 is 0 Å². The fraction of sp³-hybridized carbons (Fsp3) is 0.111. The Morgan fingerprint density at radius 3 is 2.79 bits per heavy atom. The Morgan fingerprint density at radius 2 is 2.21 bits per heavy atom. The topological polar surface area (TPSA) is 88.0 Å². The molecule has 0 fully saturated rings. The maximum absolute atomic E-state index is 10.7. The Bertz CT molecular complexity index is 426. The van der Waals surface area contributed by atoms with Gasteiger partial charge >= 0.3 is 0 Å². The molecule has 1 aromatic heterocycles. The summed E-state index contributed by atoms with van der Waals surface area (Å²) in [7, 11) is 0. The lowest BCUT2D eigenvalue weighted by atomic mass is 10.2. The monoisotopic (exact) mass is 193 g/mol. The smallest absolute Gasteiger partial charge is 0.239 e. The van der Waals surface area contributed by atoms with Crippen LogP contribution in [0.4, 0.5) is 0 Å². The molecule has 1 heterocycles. The van der Waals surface area contributed by atoms with Gasteiger partial charge in [0.05, 0.1) is 5.27 Å². The average molecular weight is 193 g/mol. The van der Waals surface area contributed by atoms with Crippen LogP contribution in [-0.4, -0.2) is 5.27 Å². The van der Waals surface area contributed by atoms with Gasteiger partial charge in [-0.05, 0) is 17.2 Å². The van der Waals surface area contributed by atoms with Crippen molar-refractivity contribution < 1.29 is 14.3 Å². The van der Waals surface area contributed by atoms with Gasteiger partial charge in [-0.15, -0.1) is 0 Å². The molecule has 0 aliphatic carbocycles. The number of aryl methyl sites for hydroxylation is 1. The first-order chi connectivity index (χ1) is 6.25. The second-order valence-electron chi connectivity index (χ2n) is 2.80. The molecule has 5 heteroatoms. The van der Waals surface area contributed by atoms with Crippen LogP contribution in [0.3, 0.4) is 0 Å². The lowest BCUT2D eigenvalue weighted by Crippen LogP contribution is -2.31. The lowest BCUT2D eigenvalue weighted by Gasteiger charge is -1.90. The molecule has 14 heavy (non-hydrogen) atoms. The van der Waals surface area contributed by atoms with E-state index in [1.54, 1.807) is 0 Å². The standard InChI is InChI=1S/C9H8N2O2.H3N/c1-7-3-2-4-8(5-7)11-6-9(12)13-10-11;/h2-6H,1H3;1H3. The number of hydrogen-bond acceptors (Lipinski definition) is 4. The van der Waals surface area contributed by atoms with E-state index in [1.165, 1.54) is 10.9 Å². The van der Waals surface area contributed by atoms with Gasteiger partial charge in [0, 0.05) is 12.1 Å². The van der Waals surface area contributed by atoms with E-state index in [-0.39, 0.29) is 6.15 Å². The van der Waals surface area contributed by atoms with Gasteiger partial charge in [0.1, 0.15) is 5.95 Å². The molecule has 0 radical (unpaired) electrons. The molecule has 0 spiro atoms. The summed E-state index contributed by atoms with van der Waals surface area (Å²) in [5, 5.41) is 14.3. The molecular weight excluding hydrogens is 182 g/mol. The number of rotatable bonds is 1. The van der Waals surface area contributed by atoms with Crippen LogP contribution >= 0.6 is 0 Å². The Morgan fingerprint density at radius 1 is 1.43 bits per heavy atom. The van der Waals surface area contributed by atoms with E-state index in [4.69, 9.17) is 0 Å². The highest BCUT2D eigenvalue weighted by molar-refractivity contribution is 5.27. The summed E-state index contributed by atoms with van der Waals surface area (Å²) in [6.45, 7) is 1.97. The first-order valence-electron chi connectivity index (χ1n) is 3.88. The van der Waals surface area contributed by atoms with E-state index < -0.39 is 5.95 Å². The third-order valence-corrected chi connectivity index (χ3v) is 1.71. The SMILES string of the molecule is Cc1cccc(-[n+]2cc([O-])on2)c1.N. The van der Waals surface area contributed by atoms with Gasteiger partial charge in [0.2, 0.25) is 11.9 Å². The summed E-state index contributed by atoms with van der Waals surface area (Å²) in [6, 6.07) is 7.65. The van der Waals surface area contributed by atoms with Gasteiger partial charge in [0.25, 0.3) is 0 Å². The van der Waals surface area contributed by atoms with E-state index in [2.05, 4.69) is 9.79 Å². The summed E-state index contributed by atoms with van der Waals surface area (Å²) in [5.74, 6) is -0.443. The Balaban J connectivity index is 0.000000980. The van der Waals surface area contributed by atoms with Crippen molar-refractivity contribution in [1.82, 2.24) is 11.4 Å². The van der Waals surface area contributed by atoms with Crippen molar-refractivity contribution in [1.29, 1.82) is 0 Å². The van der Waals surface area contributed by atoms with Crippen LogP contribution in [0.5, 0.6) is 5.95 Å². The van der Waals surface area contributed by atoms with Crippen LogP contribution in [0.25, 0.3) is 5.69 Å². The van der Waals surface area contributed by atoms with Crippen LogP contribution in [0.1, 0.15) is 5.56 Å². The van der Waals surface area contributed by atoms with Gasteiger partial charge in [-0.3, -0.25) is 0 Å². The highest BCUT2D eigenvalue weighted by atomic mass is 16.6. The molecule has 2 rings (SSSR count). The maximum atomic E-state index is 10.7. The van der Waals surface area contributed by atoms with Crippen molar-refractivity contribution in [2.75, 3.05) is 0 Å². The van der Waals surface area contributed by atoms with Crippen LogP contribution in [0.2, 0.25) is 0 Å². The van der Waals surface area contributed by atoms with Crippen molar-refractivity contribution in [2.24, 2.45) is 0 Å². The molecule has 0 unspecified atom stereocenters. The van der Waals surface area contributed by atoms with Gasteiger partial charge in [-0.1, -0.05) is 12.1 Å². The van der Waals surface area contributed by atoms with Crippen molar-refractivity contribution in [3.05, 3.63) is 36.0 Å². The van der Waals surface area contributed by atoms with Crippen molar-refractivity contribution >= 4 is 0 Å². The summed E-state index contributed by atoms with van der Waals surface area (Å²) in [5.41, 5.74) is 1.94. The fourth-order valence-corrected chi connectivity index (χ4v) is 1.12. The van der Waals surface area contributed by atoms with E-state index in [1.807, 2.05) is 31.2 Å². The molecule has 0 atom stereocenters. The minimum Gasteiger partial charge on any atom is -0.539 e. The molecule has 74 valence electrons. The lowest BCUT2D eigenvalue weighted by molar-refractivity contribution is -0.670. The molecule has 0 amide bonds. The second-order valence-corrected chi connectivity index (χ2v) is 2.80. The number of nitrogens with zero attached hydrogens (tertiary/aromatic N) is 2. The molecule has 0 bridgehead atoms. The maximum Gasteiger partial charge on any atom is 0.239 e. The van der Waals surface area contributed by atoms with E-state index in [0.29, 0.717) is 0 Å². The van der Waals surface area contributed by atoms with Crippen LogP contribution in [-0.2, 0) is 0 Å². The molecule has 1 aromatic carbocycles. The third-order valence-electron chi connectivity index (χ3n) is 1.71. The van der Waals surface area contributed by atoms with Crippen LogP contribution in [0, 0.1) is 6.92 Å². The van der Waals surface area contributed by atoms with Gasteiger partial charge in [-0.2, -0.15) is 0 Å². The molecule has 2 aromatic rings. The van der Waals surface area contributed by atoms with Crippen molar-refractivity contribution in [3.8, 4) is 11.6 Å². The van der Waals surface area contributed by atoms with Crippen molar-refractivity contribution in [2.45, 2.75) is 6.92 Å². The van der Waals surface area contributed by atoms with Gasteiger partial charge < -0.3 is 15.8 Å². The van der Waals surface area contributed by atoms with Crippen LogP contribution < -0.4 is 15.9 Å². The number of hydrogen-bond donors (Lipinski definition) is 1. The summed E-state index contributed by atoms with van der Waals surface area (Å²) in [6.07, 6.45) is 1.30. The predicted molar refractivity (Wildman–Crippen MR) is 47.2 cm³/mol. The average Bonchev–Trinajstić information content (AvgIpc) is 2.52. The van der Waals surface area contributed by atoms with Crippen molar-refractivity contribution in [3.63, 3.8) is 0 Å². The third kappa shape index (κ3) is 1.89. The molecule has 3 N–H and O–H groups in total. The van der Waals surface area contributed by atoms with Crippen LogP contribution in [0.15, 0.2) is 35.0 Å². The summed E-state index contributed by atoms with van der Waals surface area (Å²) >= 11 is 0. The number of aromatic nitrogens is 2. The predicted octanol–water partition coefficient (Wildman–Crippen LogP) is 0.495. The highest BCUT2D eigenvalue weighted by Gasteiger charge is 2.07. The molecule has 0 saturated carbocycles. The Hall–Kier alpha value is -1.88. The molecule has 5 nitrogen and oxygen atoms in total. The van der Waals surface area contributed by atoms with Gasteiger partial charge in [0.15, 0.2) is 0 Å². The zero-order chi connectivity index (χ0) is 9.26. The molecule has 0 aliphatic heterocycles. The first-order valence-corrected chi connectivity index (χ1v) is 3.88. The van der Waals surface area contributed by atoms with Gasteiger partial charge in [-0.25, -0.2) is 0 Å². The summed E-state index contributed by atoms with van der Waals surface area (Å²) in [4.78, 5) is 0. The minimum absolute atomic E-state index is 0. The Kier molecular flexibility index (Phi) is 2.83. The first kappa shape index (κ1) is 10.2. The quantitative estimate of drug-likeness (QED) is 0.668.